The van der Waals surface area contributed by atoms with Crippen LogP contribution in [0.1, 0.15) is 17.5 Å². The molecule has 1 aliphatic heterocycles. The maximum Gasteiger partial charge on any atom is 0.438 e. The van der Waals surface area contributed by atoms with Crippen LogP contribution in [0.5, 0.6) is 11.5 Å². The Balaban J connectivity index is 1.84. The molecule has 0 radical (unpaired) electrons. The first-order chi connectivity index (χ1) is 14.0. The molecule has 0 aliphatic carbocycles. The average Bonchev–Trinajstić information content (AvgIpc) is 3.08. The second-order valence-electron chi connectivity index (χ2n) is 6.67. The molecule has 30 heavy (non-hydrogen) atoms. The first kappa shape index (κ1) is 21.9. The highest BCUT2D eigenvalue weighted by molar-refractivity contribution is 6.31. The number of hydrogen-bond donors (Lipinski definition) is 1. The quantitative estimate of drug-likeness (QED) is 0.761. The van der Waals surface area contributed by atoms with Crippen molar-refractivity contribution in [3.05, 3.63) is 58.6 Å². The second kappa shape index (κ2) is 8.16. The number of aliphatic hydroxyl groups is 1. The summed E-state index contributed by atoms with van der Waals surface area (Å²) < 4.78 is 51.2. The molecule has 1 amide bonds. The van der Waals surface area contributed by atoms with Crippen LogP contribution in [0.4, 0.5) is 13.2 Å². The summed E-state index contributed by atoms with van der Waals surface area (Å²) >= 11 is 5.91. The zero-order valence-corrected chi connectivity index (χ0v) is 16.8. The second-order valence-corrected chi connectivity index (χ2v) is 7.08. The monoisotopic (exact) mass is 442 g/mol. The van der Waals surface area contributed by atoms with Gasteiger partial charge in [-0.15, -0.1) is 0 Å². The minimum Gasteiger partial charge on any atom is -0.497 e. The van der Waals surface area contributed by atoms with E-state index in [1.165, 1.54) is 25.3 Å². The van der Waals surface area contributed by atoms with E-state index in [4.69, 9.17) is 21.1 Å². The summed E-state index contributed by atoms with van der Waals surface area (Å²) in [4.78, 5) is 12.5. The van der Waals surface area contributed by atoms with Gasteiger partial charge in [0.15, 0.2) is 6.61 Å². The van der Waals surface area contributed by atoms with E-state index in [0.29, 0.717) is 21.9 Å². The molecule has 160 valence electrons. The Morgan fingerprint density at radius 3 is 2.43 bits per heavy atom. The molecule has 6 nitrogen and oxygen atoms in total. The molecule has 1 atom stereocenters. The number of carbonyl (C=O) groups excluding carboxylic acids is 1. The van der Waals surface area contributed by atoms with Crippen LogP contribution in [-0.2, 0) is 4.79 Å². The van der Waals surface area contributed by atoms with Crippen LogP contribution in [0.3, 0.4) is 0 Å². The van der Waals surface area contributed by atoms with Gasteiger partial charge in [-0.1, -0.05) is 11.6 Å². The van der Waals surface area contributed by atoms with Gasteiger partial charge in [-0.2, -0.15) is 23.3 Å². The van der Waals surface area contributed by atoms with Crippen LogP contribution >= 0.6 is 11.6 Å². The van der Waals surface area contributed by atoms with Crippen molar-refractivity contribution < 1.29 is 32.5 Å². The normalized spacial score (nSPS) is 18.9. The fraction of sp³-hybridized carbons (Fsp3) is 0.300. The van der Waals surface area contributed by atoms with Crippen molar-refractivity contribution in [2.24, 2.45) is 5.10 Å². The number of hydrazone groups is 1. The van der Waals surface area contributed by atoms with Gasteiger partial charge >= 0.3 is 6.18 Å². The Labute approximate surface area is 175 Å². The van der Waals surface area contributed by atoms with Gasteiger partial charge in [0, 0.05) is 5.02 Å². The third kappa shape index (κ3) is 4.22. The van der Waals surface area contributed by atoms with Gasteiger partial charge in [0.1, 0.15) is 11.5 Å². The van der Waals surface area contributed by atoms with Gasteiger partial charge in [0.25, 0.3) is 11.6 Å². The summed E-state index contributed by atoms with van der Waals surface area (Å²) in [5.41, 5.74) is -2.57. The molecule has 0 saturated carbocycles. The number of carbonyl (C=O) groups is 1. The van der Waals surface area contributed by atoms with Gasteiger partial charge in [-0.05, 0) is 60.5 Å². The van der Waals surface area contributed by atoms with Crippen LogP contribution in [-0.4, -0.2) is 47.4 Å². The standard InChI is InChI=1S/C20H18ClF3N2O4/c1-12-9-15(7-8-16(12)21)30-11-18(27)26-19(28,20(22,23)24)10-17(25-26)13-3-5-14(29-2)6-4-13/h3-9,28H,10-11H2,1-2H3/t19-/m1/s1. The van der Waals surface area contributed by atoms with Gasteiger partial charge in [0.2, 0.25) is 0 Å². The highest BCUT2D eigenvalue weighted by Gasteiger charge is 2.63. The van der Waals surface area contributed by atoms with E-state index in [-0.39, 0.29) is 16.5 Å². The highest BCUT2D eigenvalue weighted by Crippen LogP contribution is 2.41. The van der Waals surface area contributed by atoms with E-state index in [2.05, 4.69) is 5.10 Å². The zero-order valence-electron chi connectivity index (χ0n) is 16.0. The summed E-state index contributed by atoms with van der Waals surface area (Å²) in [5.74, 6) is -0.395. The predicted octanol–water partition coefficient (Wildman–Crippen LogP) is 3.92. The number of hydrogen-bond acceptors (Lipinski definition) is 5. The number of rotatable bonds is 5. The Morgan fingerprint density at radius 2 is 1.87 bits per heavy atom. The van der Waals surface area contributed by atoms with E-state index >= 15 is 0 Å². The summed E-state index contributed by atoms with van der Waals surface area (Å²) in [5, 5.41) is 14.6. The van der Waals surface area contributed by atoms with Gasteiger partial charge in [0.05, 0.1) is 19.2 Å². The van der Waals surface area contributed by atoms with E-state index in [1.807, 2.05) is 0 Å². The van der Waals surface area contributed by atoms with Crippen LogP contribution in [0.15, 0.2) is 47.6 Å². The molecular formula is C20H18ClF3N2O4. The maximum atomic E-state index is 13.6. The third-order valence-electron chi connectivity index (χ3n) is 4.59. The summed E-state index contributed by atoms with van der Waals surface area (Å²) in [6.45, 7) is 0.962. The smallest absolute Gasteiger partial charge is 0.438 e. The van der Waals surface area contributed by atoms with Crippen molar-refractivity contribution in [1.82, 2.24) is 5.01 Å². The molecular weight excluding hydrogens is 425 g/mol. The lowest BCUT2D eigenvalue weighted by atomic mass is 10.0. The maximum absolute atomic E-state index is 13.6. The number of ether oxygens (including phenoxy) is 2. The Morgan fingerprint density at radius 1 is 1.23 bits per heavy atom. The summed E-state index contributed by atoms with van der Waals surface area (Å²) in [6, 6.07) is 10.6. The molecule has 1 N–H and O–H groups in total. The lowest BCUT2D eigenvalue weighted by Gasteiger charge is -2.32. The van der Waals surface area contributed by atoms with Gasteiger partial charge in [-0.3, -0.25) is 4.79 Å². The molecule has 2 aromatic rings. The minimum absolute atomic E-state index is 0.0370. The first-order valence-corrected chi connectivity index (χ1v) is 9.16. The highest BCUT2D eigenvalue weighted by atomic mass is 35.5. The van der Waals surface area contributed by atoms with E-state index in [0.717, 1.165) is 0 Å². The number of methoxy groups -OCH3 is 1. The van der Waals surface area contributed by atoms with Gasteiger partial charge < -0.3 is 14.6 Å². The third-order valence-corrected chi connectivity index (χ3v) is 5.01. The SMILES string of the molecule is COc1ccc(C2=NN(C(=O)COc3ccc(Cl)c(C)c3)[C@](O)(C(F)(F)F)C2)cc1. The van der Waals surface area contributed by atoms with Crippen molar-refractivity contribution in [3.8, 4) is 11.5 Å². The van der Waals surface area contributed by atoms with Gasteiger partial charge in [-0.25, -0.2) is 0 Å². The van der Waals surface area contributed by atoms with Crippen molar-refractivity contribution in [2.45, 2.75) is 25.2 Å². The Bertz CT molecular complexity index is 979. The minimum atomic E-state index is -5.13. The fourth-order valence-electron chi connectivity index (χ4n) is 2.89. The molecule has 3 rings (SSSR count). The summed E-state index contributed by atoms with van der Waals surface area (Å²) in [6.07, 6.45) is -6.04. The lowest BCUT2D eigenvalue weighted by Crippen LogP contribution is -2.57. The first-order valence-electron chi connectivity index (χ1n) is 8.78. The van der Waals surface area contributed by atoms with Crippen molar-refractivity contribution in [2.75, 3.05) is 13.7 Å². The lowest BCUT2D eigenvalue weighted by molar-refractivity contribution is -0.302. The fourth-order valence-corrected chi connectivity index (χ4v) is 3.00. The van der Waals surface area contributed by atoms with Crippen molar-refractivity contribution in [1.29, 1.82) is 0 Å². The average molecular weight is 443 g/mol. The number of aryl methyl sites for hydroxylation is 1. The van der Waals surface area contributed by atoms with Crippen molar-refractivity contribution in [3.63, 3.8) is 0 Å². The molecule has 0 saturated heterocycles. The largest absolute Gasteiger partial charge is 0.497 e. The number of alkyl halides is 3. The molecule has 0 fully saturated rings. The number of amides is 1. The molecule has 1 aliphatic rings. The van der Waals surface area contributed by atoms with E-state index in [9.17, 15) is 23.1 Å². The molecule has 1 heterocycles. The molecule has 0 spiro atoms. The zero-order chi connectivity index (χ0) is 22.1. The molecule has 0 unspecified atom stereocenters. The molecule has 0 bridgehead atoms. The molecule has 0 aromatic heterocycles. The van der Waals surface area contributed by atoms with E-state index in [1.54, 1.807) is 31.2 Å². The Hall–Kier alpha value is -2.78. The number of benzene rings is 2. The topological polar surface area (TPSA) is 71.4 Å². The van der Waals surface area contributed by atoms with Crippen LogP contribution in [0, 0.1) is 6.92 Å². The van der Waals surface area contributed by atoms with Crippen LogP contribution in [0.2, 0.25) is 5.02 Å². The molecule has 2 aromatic carbocycles. The predicted molar refractivity (Wildman–Crippen MR) is 104 cm³/mol. The van der Waals surface area contributed by atoms with E-state index < -0.39 is 30.8 Å². The number of halogens is 4. The Kier molecular flexibility index (Phi) is 5.96. The number of nitrogens with zero attached hydrogens (tertiary/aromatic N) is 2. The van der Waals surface area contributed by atoms with Crippen molar-refractivity contribution >= 4 is 23.2 Å². The summed E-state index contributed by atoms with van der Waals surface area (Å²) in [7, 11) is 1.45. The van der Waals surface area contributed by atoms with Crippen LogP contribution < -0.4 is 9.47 Å². The molecule has 10 heteroatoms. The van der Waals surface area contributed by atoms with Crippen LogP contribution in [0.25, 0.3) is 0 Å².